The minimum Gasteiger partial charge on any atom is -0.342 e. The molecule has 0 spiro atoms. The molecule has 6 heteroatoms. The van der Waals surface area contributed by atoms with E-state index >= 15 is 0 Å². The van der Waals surface area contributed by atoms with E-state index in [9.17, 15) is 10.1 Å². The quantitative estimate of drug-likeness (QED) is 0.364. The average Bonchev–Trinajstić information content (AvgIpc) is 3.00. The summed E-state index contributed by atoms with van der Waals surface area (Å²) in [4.78, 5) is 16.8. The van der Waals surface area contributed by atoms with Gasteiger partial charge < -0.3 is 4.57 Å². The standard InChI is InChI=1S/C20H15N3O2S/c24-23(25)18-9-3-4-10-19(18)26-20-14-22(13-15-6-5-11-21-12-15)17-8-2-1-7-16(17)20/h1-12,14H,13H2. The molecule has 2 aromatic carbocycles. The van der Waals surface area contributed by atoms with Crippen molar-refractivity contribution in [1.82, 2.24) is 9.55 Å². The molecule has 2 heterocycles. The molecule has 0 amide bonds. The zero-order valence-electron chi connectivity index (χ0n) is 13.8. The fraction of sp³-hybridized carbons (Fsp3) is 0.0500. The smallest absolute Gasteiger partial charge is 0.283 e. The first-order valence-electron chi connectivity index (χ1n) is 8.10. The van der Waals surface area contributed by atoms with Gasteiger partial charge in [-0.2, -0.15) is 0 Å². The molecule has 0 saturated heterocycles. The third-order valence-electron chi connectivity index (χ3n) is 4.11. The van der Waals surface area contributed by atoms with E-state index in [0.29, 0.717) is 11.4 Å². The van der Waals surface area contributed by atoms with Crippen LogP contribution in [0.1, 0.15) is 5.56 Å². The van der Waals surface area contributed by atoms with Crippen molar-refractivity contribution in [3.8, 4) is 0 Å². The Balaban J connectivity index is 1.76. The molecule has 0 atom stereocenters. The van der Waals surface area contributed by atoms with Crippen molar-refractivity contribution in [3.63, 3.8) is 0 Å². The van der Waals surface area contributed by atoms with Gasteiger partial charge in [0.25, 0.3) is 5.69 Å². The van der Waals surface area contributed by atoms with Crippen LogP contribution >= 0.6 is 11.8 Å². The fourth-order valence-electron chi connectivity index (χ4n) is 2.93. The van der Waals surface area contributed by atoms with Crippen LogP contribution in [0.2, 0.25) is 0 Å². The zero-order chi connectivity index (χ0) is 17.9. The zero-order valence-corrected chi connectivity index (χ0v) is 14.6. The number of benzene rings is 2. The highest BCUT2D eigenvalue weighted by Crippen LogP contribution is 2.39. The Bertz CT molecular complexity index is 1080. The Morgan fingerprint density at radius 1 is 1.00 bits per heavy atom. The fourth-order valence-corrected chi connectivity index (χ4v) is 4.02. The van der Waals surface area contributed by atoms with Gasteiger partial charge in [0.2, 0.25) is 0 Å². The lowest BCUT2D eigenvalue weighted by Crippen LogP contribution is -1.97. The monoisotopic (exact) mass is 361 g/mol. The number of hydrogen-bond donors (Lipinski definition) is 0. The van der Waals surface area contributed by atoms with Crippen LogP contribution in [0.4, 0.5) is 5.69 Å². The van der Waals surface area contributed by atoms with E-state index in [1.54, 1.807) is 18.3 Å². The first-order chi connectivity index (χ1) is 12.7. The number of nitro benzene ring substituents is 1. The molecule has 2 aromatic heterocycles. The Hall–Kier alpha value is -3.12. The molecule has 0 saturated carbocycles. The van der Waals surface area contributed by atoms with Gasteiger partial charge in [-0.3, -0.25) is 15.1 Å². The second-order valence-corrected chi connectivity index (χ2v) is 6.91. The maximum atomic E-state index is 11.3. The second-order valence-electron chi connectivity index (χ2n) is 5.83. The van der Waals surface area contributed by atoms with Crippen LogP contribution in [0.25, 0.3) is 10.9 Å². The average molecular weight is 361 g/mol. The van der Waals surface area contributed by atoms with Gasteiger partial charge in [0.1, 0.15) is 0 Å². The van der Waals surface area contributed by atoms with Gasteiger partial charge in [0.15, 0.2) is 0 Å². The predicted molar refractivity (Wildman–Crippen MR) is 102 cm³/mol. The Morgan fingerprint density at radius 2 is 1.81 bits per heavy atom. The van der Waals surface area contributed by atoms with Gasteiger partial charge in [-0.1, -0.05) is 48.2 Å². The molecule has 0 radical (unpaired) electrons. The molecule has 0 bridgehead atoms. The van der Waals surface area contributed by atoms with Crippen LogP contribution in [0.5, 0.6) is 0 Å². The van der Waals surface area contributed by atoms with Gasteiger partial charge >= 0.3 is 0 Å². The lowest BCUT2D eigenvalue weighted by molar-refractivity contribution is -0.387. The lowest BCUT2D eigenvalue weighted by Gasteiger charge is -2.04. The van der Waals surface area contributed by atoms with Crippen LogP contribution in [-0.4, -0.2) is 14.5 Å². The van der Waals surface area contributed by atoms with Crippen LogP contribution in [0.3, 0.4) is 0 Å². The molecule has 26 heavy (non-hydrogen) atoms. The molecule has 128 valence electrons. The summed E-state index contributed by atoms with van der Waals surface area (Å²) in [6.45, 7) is 0.700. The number of aromatic nitrogens is 2. The maximum absolute atomic E-state index is 11.3. The first kappa shape index (κ1) is 16.4. The molecule has 0 aliphatic heterocycles. The van der Waals surface area contributed by atoms with Crippen LogP contribution < -0.4 is 0 Å². The molecular weight excluding hydrogens is 346 g/mol. The number of fused-ring (bicyclic) bond motifs is 1. The molecule has 0 aliphatic carbocycles. The summed E-state index contributed by atoms with van der Waals surface area (Å²) in [7, 11) is 0. The van der Waals surface area contributed by atoms with E-state index in [4.69, 9.17) is 0 Å². The molecular formula is C20H15N3O2S. The second kappa shape index (κ2) is 7.01. The number of nitrogens with zero attached hydrogens (tertiary/aromatic N) is 3. The van der Waals surface area contributed by atoms with Crippen molar-refractivity contribution < 1.29 is 4.92 Å². The minimum atomic E-state index is -0.336. The van der Waals surface area contributed by atoms with Crippen molar-refractivity contribution in [2.75, 3.05) is 0 Å². The molecule has 0 aliphatic rings. The van der Waals surface area contributed by atoms with E-state index in [1.807, 2.05) is 42.6 Å². The number of hydrogen-bond acceptors (Lipinski definition) is 4. The van der Waals surface area contributed by atoms with Crippen LogP contribution in [0.15, 0.2) is 89.0 Å². The molecule has 0 unspecified atom stereocenters. The van der Waals surface area contributed by atoms with Gasteiger partial charge in [0.05, 0.1) is 9.82 Å². The number of para-hydroxylation sites is 2. The topological polar surface area (TPSA) is 61.0 Å². The predicted octanol–water partition coefficient (Wildman–Crippen LogP) is 5.14. The molecule has 4 rings (SSSR count). The van der Waals surface area contributed by atoms with E-state index < -0.39 is 0 Å². The SMILES string of the molecule is O=[N+]([O-])c1ccccc1Sc1cn(Cc2cccnc2)c2ccccc12. The normalized spacial score (nSPS) is 10.9. The van der Waals surface area contributed by atoms with E-state index in [0.717, 1.165) is 21.4 Å². The van der Waals surface area contributed by atoms with Crippen molar-refractivity contribution in [1.29, 1.82) is 0 Å². The van der Waals surface area contributed by atoms with E-state index in [1.165, 1.54) is 17.8 Å². The van der Waals surface area contributed by atoms with E-state index in [2.05, 4.69) is 21.8 Å². The summed E-state index contributed by atoms with van der Waals surface area (Å²) < 4.78 is 2.16. The Morgan fingerprint density at radius 3 is 2.62 bits per heavy atom. The minimum absolute atomic E-state index is 0.126. The summed E-state index contributed by atoms with van der Waals surface area (Å²) in [6.07, 6.45) is 5.66. The van der Waals surface area contributed by atoms with Crippen LogP contribution in [-0.2, 0) is 6.54 Å². The van der Waals surface area contributed by atoms with Gasteiger partial charge in [-0.25, -0.2) is 0 Å². The largest absolute Gasteiger partial charge is 0.342 e. The highest BCUT2D eigenvalue weighted by Gasteiger charge is 2.16. The first-order valence-corrected chi connectivity index (χ1v) is 8.92. The van der Waals surface area contributed by atoms with E-state index in [-0.39, 0.29) is 10.6 Å². The summed E-state index contributed by atoms with van der Waals surface area (Å²) in [5.74, 6) is 0. The summed E-state index contributed by atoms with van der Waals surface area (Å²) in [5.41, 5.74) is 2.33. The van der Waals surface area contributed by atoms with Gasteiger partial charge in [-0.15, -0.1) is 0 Å². The third-order valence-corrected chi connectivity index (χ3v) is 5.22. The molecule has 4 aromatic rings. The number of nitro groups is 1. The summed E-state index contributed by atoms with van der Waals surface area (Å²) in [6, 6.07) is 18.9. The third kappa shape index (κ3) is 3.19. The van der Waals surface area contributed by atoms with Crippen molar-refractivity contribution in [3.05, 3.63) is 94.9 Å². The lowest BCUT2D eigenvalue weighted by atomic mass is 10.2. The Kier molecular flexibility index (Phi) is 4.41. The van der Waals surface area contributed by atoms with Crippen LogP contribution in [0, 0.1) is 10.1 Å². The number of rotatable bonds is 5. The molecule has 0 fully saturated rings. The van der Waals surface area contributed by atoms with Gasteiger partial charge in [0, 0.05) is 47.0 Å². The van der Waals surface area contributed by atoms with Crippen molar-refractivity contribution >= 4 is 28.4 Å². The highest BCUT2D eigenvalue weighted by atomic mass is 32.2. The molecule has 0 N–H and O–H groups in total. The molecule has 5 nitrogen and oxygen atoms in total. The van der Waals surface area contributed by atoms with Gasteiger partial charge in [-0.05, 0) is 23.8 Å². The Labute approximate surface area is 154 Å². The highest BCUT2D eigenvalue weighted by molar-refractivity contribution is 7.99. The number of pyridine rings is 1. The van der Waals surface area contributed by atoms with Crippen molar-refractivity contribution in [2.45, 2.75) is 16.3 Å². The maximum Gasteiger partial charge on any atom is 0.283 e. The van der Waals surface area contributed by atoms with Crippen molar-refractivity contribution in [2.24, 2.45) is 0 Å². The summed E-state index contributed by atoms with van der Waals surface area (Å²) in [5, 5.41) is 12.4. The summed E-state index contributed by atoms with van der Waals surface area (Å²) >= 11 is 1.43.